The van der Waals surface area contributed by atoms with E-state index in [1.165, 1.54) is 12.0 Å². The van der Waals surface area contributed by atoms with Gasteiger partial charge >= 0.3 is 0 Å². The summed E-state index contributed by atoms with van der Waals surface area (Å²) in [6.45, 7) is 18.1. The van der Waals surface area contributed by atoms with Crippen molar-refractivity contribution in [1.29, 1.82) is 0 Å². The van der Waals surface area contributed by atoms with E-state index in [2.05, 4.69) is 54.5 Å². The molecule has 0 aliphatic heterocycles. The summed E-state index contributed by atoms with van der Waals surface area (Å²) in [6.07, 6.45) is 11.0. The van der Waals surface area contributed by atoms with Crippen molar-refractivity contribution >= 4 is 20.0 Å². The molecule has 5 aliphatic rings. The lowest BCUT2D eigenvalue weighted by Gasteiger charge is -2.70. The van der Waals surface area contributed by atoms with Gasteiger partial charge in [-0.15, -0.1) is 0 Å². The van der Waals surface area contributed by atoms with Crippen molar-refractivity contribution in [2.45, 2.75) is 127 Å². The molecule has 0 aromatic rings. The minimum atomic E-state index is -0.280. The molecular formula is C32H54BO3. The predicted octanol–water partition coefficient (Wildman–Crippen LogP) is 7.42. The van der Waals surface area contributed by atoms with Crippen molar-refractivity contribution in [2.75, 3.05) is 0 Å². The highest BCUT2D eigenvalue weighted by molar-refractivity contribution is 5.95. The van der Waals surface area contributed by atoms with Crippen LogP contribution in [0.4, 0.5) is 0 Å². The van der Waals surface area contributed by atoms with Gasteiger partial charge in [-0.25, -0.2) is 0 Å². The summed E-state index contributed by atoms with van der Waals surface area (Å²) in [6, 6.07) is 0. The molecule has 5 rings (SSSR count). The first-order valence-corrected chi connectivity index (χ1v) is 14.0. The van der Waals surface area contributed by atoms with Crippen LogP contribution in [-0.4, -0.2) is 31.2 Å². The Morgan fingerprint density at radius 2 is 1.56 bits per heavy atom. The van der Waals surface area contributed by atoms with Crippen LogP contribution >= 0.6 is 0 Å². The fourth-order valence-corrected chi connectivity index (χ4v) is 10.5. The van der Waals surface area contributed by atoms with Crippen LogP contribution in [0.15, 0.2) is 11.6 Å². The third-order valence-corrected chi connectivity index (χ3v) is 13.4. The summed E-state index contributed by atoms with van der Waals surface area (Å²) in [4.78, 5) is 26.9. The normalized spacial score (nSPS) is 51.1. The van der Waals surface area contributed by atoms with Crippen molar-refractivity contribution in [1.82, 2.24) is 0 Å². The Labute approximate surface area is 224 Å². The maximum atomic E-state index is 14.3. The third kappa shape index (κ3) is 3.47. The number of hydrogen-bond acceptors (Lipinski definition) is 3. The summed E-state index contributed by atoms with van der Waals surface area (Å²) in [7, 11) is 0. The van der Waals surface area contributed by atoms with Gasteiger partial charge in [0.25, 0.3) is 0 Å². The van der Waals surface area contributed by atoms with Gasteiger partial charge in [-0.3, -0.25) is 9.59 Å². The molecule has 1 N–H and O–H groups in total. The molecule has 0 spiro atoms. The first-order valence-electron chi connectivity index (χ1n) is 14.0. The number of aliphatic hydroxyl groups is 1. The first-order chi connectivity index (χ1) is 15.6. The fourth-order valence-electron chi connectivity index (χ4n) is 10.5. The number of ketones is 2. The van der Waals surface area contributed by atoms with Crippen LogP contribution in [0, 0.1) is 50.2 Å². The molecule has 203 valence electrons. The average molecular weight is 499 g/mol. The average Bonchev–Trinajstić information content (AvgIpc) is 2.73. The monoisotopic (exact) mass is 498 g/mol. The van der Waals surface area contributed by atoms with Crippen molar-refractivity contribution in [2.24, 2.45) is 50.2 Å². The van der Waals surface area contributed by atoms with Crippen molar-refractivity contribution in [3.05, 3.63) is 11.6 Å². The van der Waals surface area contributed by atoms with Gasteiger partial charge in [0, 0.05) is 21.2 Å². The highest BCUT2D eigenvalue weighted by Crippen LogP contribution is 2.75. The third-order valence-electron chi connectivity index (χ3n) is 13.4. The minimum Gasteiger partial charge on any atom is -0.393 e. The number of Topliss-reactive ketones (excluding diaryl/α,β-unsaturated/α-hetero) is 1. The molecule has 4 fully saturated rings. The SMILES string of the molecule is C.CC(=O)[C@@]1(C)CC[C@]2(C)CC[C@]3(C)C(=CC(=O)[C@@H]4[C@@]5(C)CC[C@H](O)C(C)(C)[C@@H]5CC[C@]43C)[C@H]2C1.[2HH].[B]. The van der Waals surface area contributed by atoms with E-state index < -0.39 is 0 Å². The molecule has 0 heterocycles. The molecule has 3 nitrogen and oxygen atoms in total. The highest BCUT2D eigenvalue weighted by atomic mass is 16.3. The lowest BCUT2D eigenvalue weighted by Crippen LogP contribution is -2.66. The zero-order valence-electron chi connectivity index (χ0n) is 23.6. The number of carbonyl (C=O) groups is 2. The molecule has 0 saturated heterocycles. The topological polar surface area (TPSA) is 54.4 Å². The van der Waals surface area contributed by atoms with E-state index in [0.717, 1.165) is 51.4 Å². The van der Waals surface area contributed by atoms with E-state index in [-0.39, 0.29) is 61.8 Å². The Morgan fingerprint density at radius 3 is 2.17 bits per heavy atom. The molecule has 4 saturated carbocycles. The van der Waals surface area contributed by atoms with Crippen LogP contribution in [0.1, 0.15) is 122 Å². The van der Waals surface area contributed by atoms with Gasteiger partial charge in [-0.2, -0.15) is 0 Å². The second kappa shape index (κ2) is 8.55. The first kappa shape index (κ1) is 29.7. The number of carbonyl (C=O) groups excluding carboxylic acids is 2. The Bertz CT molecular complexity index is 975. The molecule has 0 aromatic heterocycles. The molecule has 0 aromatic carbocycles. The summed E-state index contributed by atoms with van der Waals surface area (Å²) in [5.74, 6) is 1.37. The summed E-state index contributed by atoms with van der Waals surface area (Å²) in [5, 5.41) is 10.9. The molecule has 0 amide bonds. The van der Waals surface area contributed by atoms with Gasteiger partial charge in [-0.05, 0) is 110 Å². The molecule has 36 heavy (non-hydrogen) atoms. The highest BCUT2D eigenvalue weighted by Gasteiger charge is 2.70. The lowest BCUT2D eigenvalue weighted by molar-refractivity contribution is -0.202. The van der Waals surface area contributed by atoms with E-state index in [1.807, 2.05) is 0 Å². The van der Waals surface area contributed by atoms with Crippen LogP contribution in [0.25, 0.3) is 0 Å². The van der Waals surface area contributed by atoms with E-state index >= 15 is 0 Å². The van der Waals surface area contributed by atoms with E-state index in [0.29, 0.717) is 23.4 Å². The zero-order valence-corrected chi connectivity index (χ0v) is 23.6. The van der Waals surface area contributed by atoms with Gasteiger partial charge in [0.1, 0.15) is 5.78 Å². The number of fused-ring (bicyclic) bond motifs is 7. The van der Waals surface area contributed by atoms with Crippen LogP contribution < -0.4 is 0 Å². The van der Waals surface area contributed by atoms with Crippen LogP contribution in [-0.2, 0) is 9.59 Å². The number of hydrogen-bond donors (Lipinski definition) is 1. The van der Waals surface area contributed by atoms with Crippen LogP contribution in [0.5, 0.6) is 0 Å². The van der Waals surface area contributed by atoms with Gasteiger partial charge in [0.15, 0.2) is 5.78 Å². The minimum absolute atomic E-state index is 0. The predicted molar refractivity (Wildman–Crippen MR) is 151 cm³/mol. The maximum Gasteiger partial charge on any atom is 0.159 e. The van der Waals surface area contributed by atoms with E-state index in [4.69, 9.17) is 0 Å². The number of rotatable bonds is 1. The molecule has 4 heteroatoms. The second-order valence-corrected chi connectivity index (χ2v) is 15.2. The number of allylic oxidation sites excluding steroid dienone is 2. The Kier molecular flexibility index (Phi) is 7.05. The summed E-state index contributed by atoms with van der Waals surface area (Å²) in [5.41, 5.74) is 1.02. The molecule has 5 aliphatic carbocycles. The smallest absolute Gasteiger partial charge is 0.159 e. The van der Waals surface area contributed by atoms with Gasteiger partial charge in [0.2, 0.25) is 0 Å². The summed E-state index contributed by atoms with van der Waals surface area (Å²) >= 11 is 0. The molecule has 9 atom stereocenters. The second-order valence-electron chi connectivity index (χ2n) is 15.2. The van der Waals surface area contributed by atoms with Gasteiger partial charge in [-0.1, -0.05) is 61.5 Å². The Hall–Kier alpha value is -0.895. The van der Waals surface area contributed by atoms with E-state index in [1.54, 1.807) is 6.92 Å². The van der Waals surface area contributed by atoms with Crippen LogP contribution in [0.3, 0.4) is 0 Å². The standard InChI is InChI=1S/C31H48O3.CH4.B.H2/c1-19(32)28(5)14-13-27(4)15-16-30(7)20(21(27)18-28)17-22(33)25-29(6)11-10-24(34)26(2,3)23(29)9-12-31(25,30)8;;;/h17,21,23-25,34H,9-16,18H2,1-8H3;1H4;;1H/t21-,23+,24+,25-,27-,28+,29+,30-,31-;;;/m1.../s1/i;;;1+1. The lowest BCUT2D eigenvalue weighted by atomic mass is 9.33. The van der Waals surface area contributed by atoms with Crippen molar-refractivity contribution in [3.8, 4) is 0 Å². The molecule has 0 bridgehead atoms. The van der Waals surface area contributed by atoms with E-state index in [9.17, 15) is 14.7 Å². The quantitative estimate of drug-likeness (QED) is 0.383. The molecule has 3 radical (unpaired) electrons. The van der Waals surface area contributed by atoms with Crippen molar-refractivity contribution < 1.29 is 16.1 Å². The Morgan fingerprint density at radius 1 is 0.944 bits per heavy atom. The van der Waals surface area contributed by atoms with Gasteiger partial charge in [0.05, 0.1) is 6.10 Å². The van der Waals surface area contributed by atoms with Gasteiger partial charge < -0.3 is 5.11 Å². The largest absolute Gasteiger partial charge is 0.393 e. The Balaban J connectivity index is 0.00000160. The fraction of sp³-hybridized carbons (Fsp3) is 0.875. The maximum absolute atomic E-state index is 14.3. The molecular weight excluding hydrogens is 443 g/mol. The summed E-state index contributed by atoms with van der Waals surface area (Å²) < 4.78 is 0. The van der Waals surface area contributed by atoms with Crippen molar-refractivity contribution in [3.63, 3.8) is 0 Å². The number of aliphatic hydroxyl groups excluding tert-OH is 1. The van der Waals surface area contributed by atoms with Crippen LogP contribution in [0.2, 0.25) is 0 Å². The zero-order chi connectivity index (χ0) is 25.1. The molecule has 0 unspecified atom stereocenters.